The summed E-state index contributed by atoms with van der Waals surface area (Å²) in [4.78, 5) is 0. The number of rotatable bonds is 12. The second-order valence-corrected chi connectivity index (χ2v) is 8.12. The number of nitrogens with one attached hydrogen (secondary N) is 1. The highest BCUT2D eigenvalue weighted by atomic mass is 32.2. The van der Waals surface area contributed by atoms with Crippen molar-refractivity contribution in [2.75, 3.05) is 18.1 Å². The Morgan fingerprint density at radius 3 is 1.89 bits per heavy atom. The molecule has 19 heavy (non-hydrogen) atoms. The summed E-state index contributed by atoms with van der Waals surface area (Å²) in [5.41, 5.74) is 0. The SMILES string of the molecule is CCCCCCCCCNS(=O)(=O)CCS(=O)(=O)O. The van der Waals surface area contributed by atoms with Gasteiger partial charge >= 0.3 is 0 Å². The average molecular weight is 315 g/mol. The van der Waals surface area contributed by atoms with Crippen LogP contribution in [0, 0.1) is 0 Å². The standard InChI is InChI=1S/C11H25NO5S2/c1-2-3-4-5-6-7-8-9-12-18(13,14)10-11-19(15,16)17/h12H,2-11H2,1H3,(H,15,16,17). The summed E-state index contributed by atoms with van der Waals surface area (Å²) in [6.45, 7) is 2.48. The molecule has 6 nitrogen and oxygen atoms in total. The number of unbranched alkanes of at least 4 members (excludes halogenated alkanes) is 6. The predicted molar refractivity (Wildman–Crippen MR) is 76.2 cm³/mol. The highest BCUT2D eigenvalue weighted by molar-refractivity contribution is 7.91. The first-order chi connectivity index (χ1) is 8.77. The molecule has 0 rings (SSSR count). The van der Waals surface area contributed by atoms with E-state index in [1.54, 1.807) is 0 Å². The molecule has 0 saturated carbocycles. The Morgan fingerprint density at radius 1 is 0.842 bits per heavy atom. The topological polar surface area (TPSA) is 101 Å². The van der Waals surface area contributed by atoms with E-state index in [9.17, 15) is 16.8 Å². The molecule has 0 saturated heterocycles. The Balaban J connectivity index is 3.59. The van der Waals surface area contributed by atoms with Crippen LogP contribution in [-0.2, 0) is 20.1 Å². The van der Waals surface area contributed by atoms with Crippen molar-refractivity contribution in [1.29, 1.82) is 0 Å². The number of hydrogen-bond donors (Lipinski definition) is 2. The fourth-order valence-corrected chi connectivity index (χ4v) is 3.92. The van der Waals surface area contributed by atoms with E-state index in [2.05, 4.69) is 11.6 Å². The van der Waals surface area contributed by atoms with Crippen LogP contribution in [0.4, 0.5) is 0 Å². The normalized spacial score (nSPS) is 12.7. The Kier molecular flexibility index (Phi) is 9.59. The van der Waals surface area contributed by atoms with Crippen molar-refractivity contribution < 1.29 is 21.4 Å². The van der Waals surface area contributed by atoms with E-state index in [0.717, 1.165) is 19.3 Å². The van der Waals surface area contributed by atoms with Gasteiger partial charge < -0.3 is 0 Å². The highest BCUT2D eigenvalue weighted by Crippen LogP contribution is 2.06. The fourth-order valence-electron chi connectivity index (χ4n) is 1.60. The Morgan fingerprint density at radius 2 is 1.37 bits per heavy atom. The predicted octanol–water partition coefficient (Wildman–Crippen LogP) is 1.54. The third-order valence-electron chi connectivity index (χ3n) is 2.71. The molecule has 116 valence electrons. The van der Waals surface area contributed by atoms with Crippen LogP contribution < -0.4 is 4.72 Å². The molecule has 8 heteroatoms. The third-order valence-corrected chi connectivity index (χ3v) is 5.08. The van der Waals surface area contributed by atoms with Gasteiger partial charge in [0.05, 0.1) is 11.5 Å². The molecule has 2 N–H and O–H groups in total. The molecule has 0 aromatic rings. The molecule has 0 unspecified atom stereocenters. The molecule has 0 spiro atoms. The first-order valence-corrected chi connectivity index (χ1v) is 9.95. The van der Waals surface area contributed by atoms with Crippen LogP contribution in [0.15, 0.2) is 0 Å². The summed E-state index contributed by atoms with van der Waals surface area (Å²) in [6, 6.07) is 0. The van der Waals surface area contributed by atoms with Crippen molar-refractivity contribution in [3.63, 3.8) is 0 Å². The van der Waals surface area contributed by atoms with Crippen molar-refractivity contribution in [3.8, 4) is 0 Å². The molecule has 0 heterocycles. The zero-order valence-corrected chi connectivity index (χ0v) is 13.1. The molecular weight excluding hydrogens is 290 g/mol. The quantitative estimate of drug-likeness (QED) is 0.420. The maximum atomic E-state index is 11.4. The molecule has 0 amide bonds. The molecule has 0 aromatic carbocycles. The highest BCUT2D eigenvalue weighted by Gasteiger charge is 2.14. The lowest BCUT2D eigenvalue weighted by atomic mass is 10.1. The van der Waals surface area contributed by atoms with Gasteiger partial charge in [0.1, 0.15) is 0 Å². The molecule has 0 aliphatic rings. The van der Waals surface area contributed by atoms with Gasteiger partial charge in [0.2, 0.25) is 10.0 Å². The maximum absolute atomic E-state index is 11.4. The minimum atomic E-state index is -4.22. The van der Waals surface area contributed by atoms with Crippen molar-refractivity contribution in [3.05, 3.63) is 0 Å². The van der Waals surface area contributed by atoms with Gasteiger partial charge in [-0.1, -0.05) is 45.4 Å². The van der Waals surface area contributed by atoms with E-state index in [-0.39, 0.29) is 0 Å². The van der Waals surface area contributed by atoms with Gasteiger partial charge in [0.25, 0.3) is 10.1 Å². The van der Waals surface area contributed by atoms with E-state index in [1.807, 2.05) is 0 Å². The van der Waals surface area contributed by atoms with Gasteiger partial charge in [0.15, 0.2) is 0 Å². The minimum absolute atomic E-state index is 0.321. The Labute approximate surface area is 116 Å². The molecule has 0 aromatic heterocycles. The monoisotopic (exact) mass is 315 g/mol. The van der Waals surface area contributed by atoms with Gasteiger partial charge in [-0.2, -0.15) is 8.42 Å². The second-order valence-electron chi connectivity index (χ2n) is 4.62. The Bertz CT molecular complexity index is 416. The summed E-state index contributed by atoms with van der Waals surface area (Å²) in [6.07, 6.45) is 7.63. The lowest BCUT2D eigenvalue weighted by molar-refractivity contribution is 0.483. The largest absolute Gasteiger partial charge is 0.286 e. The van der Waals surface area contributed by atoms with Crippen molar-refractivity contribution in [1.82, 2.24) is 4.72 Å². The van der Waals surface area contributed by atoms with E-state index in [1.165, 1.54) is 25.7 Å². The van der Waals surface area contributed by atoms with Crippen LogP contribution >= 0.6 is 0 Å². The zero-order chi connectivity index (χ0) is 14.8. The molecule has 0 aliphatic heterocycles. The number of sulfonamides is 1. The van der Waals surface area contributed by atoms with Crippen molar-refractivity contribution >= 4 is 20.1 Å². The van der Waals surface area contributed by atoms with E-state index < -0.39 is 31.6 Å². The first kappa shape index (κ1) is 18.8. The molecule has 0 aliphatic carbocycles. The average Bonchev–Trinajstić information content (AvgIpc) is 2.29. The van der Waals surface area contributed by atoms with Gasteiger partial charge in [-0.3, -0.25) is 4.55 Å². The van der Waals surface area contributed by atoms with Gasteiger partial charge in [-0.25, -0.2) is 13.1 Å². The molecular formula is C11H25NO5S2. The third kappa shape index (κ3) is 14.0. The van der Waals surface area contributed by atoms with Gasteiger partial charge in [-0.05, 0) is 6.42 Å². The van der Waals surface area contributed by atoms with Crippen LogP contribution in [0.3, 0.4) is 0 Å². The smallest absolute Gasteiger partial charge is 0.265 e. The summed E-state index contributed by atoms with van der Waals surface area (Å²) < 4.78 is 54.4. The summed E-state index contributed by atoms with van der Waals surface area (Å²) in [5.74, 6) is -1.36. The summed E-state index contributed by atoms with van der Waals surface area (Å²) in [5, 5.41) is 0. The molecule has 0 bridgehead atoms. The van der Waals surface area contributed by atoms with Crippen LogP contribution in [-0.4, -0.2) is 39.4 Å². The van der Waals surface area contributed by atoms with Gasteiger partial charge in [0, 0.05) is 6.54 Å². The lowest BCUT2D eigenvalue weighted by Crippen LogP contribution is -2.30. The lowest BCUT2D eigenvalue weighted by Gasteiger charge is -2.05. The maximum Gasteiger partial charge on any atom is 0.265 e. The van der Waals surface area contributed by atoms with E-state index in [0.29, 0.717) is 6.54 Å². The molecule has 0 fully saturated rings. The van der Waals surface area contributed by atoms with E-state index in [4.69, 9.17) is 4.55 Å². The van der Waals surface area contributed by atoms with Crippen LogP contribution in [0.2, 0.25) is 0 Å². The minimum Gasteiger partial charge on any atom is -0.286 e. The van der Waals surface area contributed by atoms with Crippen LogP contribution in [0.25, 0.3) is 0 Å². The summed E-state index contributed by atoms with van der Waals surface area (Å²) >= 11 is 0. The summed E-state index contributed by atoms with van der Waals surface area (Å²) in [7, 11) is -7.83. The van der Waals surface area contributed by atoms with Crippen molar-refractivity contribution in [2.24, 2.45) is 0 Å². The van der Waals surface area contributed by atoms with Gasteiger partial charge in [-0.15, -0.1) is 0 Å². The first-order valence-electron chi connectivity index (χ1n) is 6.69. The number of hydrogen-bond acceptors (Lipinski definition) is 4. The zero-order valence-electron chi connectivity index (χ0n) is 11.5. The molecule has 0 atom stereocenters. The molecule has 0 radical (unpaired) electrons. The van der Waals surface area contributed by atoms with E-state index >= 15 is 0 Å². The van der Waals surface area contributed by atoms with Crippen LogP contribution in [0.5, 0.6) is 0 Å². The Hall–Kier alpha value is -0.180. The second kappa shape index (κ2) is 9.68. The van der Waals surface area contributed by atoms with Crippen LogP contribution in [0.1, 0.15) is 51.9 Å². The fraction of sp³-hybridized carbons (Fsp3) is 1.00. The van der Waals surface area contributed by atoms with Crippen molar-refractivity contribution in [2.45, 2.75) is 51.9 Å².